The van der Waals surface area contributed by atoms with Crippen LogP contribution in [0.4, 0.5) is 10.2 Å². The molecule has 0 aliphatic carbocycles. The van der Waals surface area contributed by atoms with E-state index in [4.69, 9.17) is 5.10 Å². The quantitative estimate of drug-likeness (QED) is 0.451. The van der Waals surface area contributed by atoms with Crippen LogP contribution in [-0.4, -0.2) is 39.9 Å². The normalized spacial score (nSPS) is 16.8. The molecule has 0 saturated heterocycles. The van der Waals surface area contributed by atoms with E-state index in [9.17, 15) is 14.0 Å². The highest BCUT2D eigenvalue weighted by molar-refractivity contribution is 8.00. The molecule has 2 heterocycles. The first-order chi connectivity index (χ1) is 17.5. The number of fused-ring (bicyclic) bond motifs is 1. The maximum atomic E-state index is 13.8. The van der Waals surface area contributed by atoms with E-state index in [1.807, 2.05) is 26.0 Å². The SMILES string of the molecule is CCC(C)NC(=O)CN1C(=O)CSC(c2ccccc2C)c2c(C(C)(C)C)nn(-c3ccc(F)cc3)c21. The summed E-state index contributed by atoms with van der Waals surface area (Å²) in [5.41, 5.74) is 4.26. The number of hydrogen-bond donors (Lipinski definition) is 1. The lowest BCUT2D eigenvalue weighted by Gasteiger charge is -2.25. The predicted octanol–water partition coefficient (Wildman–Crippen LogP) is 5.70. The van der Waals surface area contributed by atoms with Gasteiger partial charge in [0.05, 0.1) is 22.4 Å². The molecule has 0 saturated carbocycles. The van der Waals surface area contributed by atoms with Crippen molar-refractivity contribution in [2.45, 2.75) is 64.7 Å². The van der Waals surface area contributed by atoms with E-state index < -0.39 is 0 Å². The van der Waals surface area contributed by atoms with Gasteiger partial charge >= 0.3 is 0 Å². The molecule has 1 aliphatic heterocycles. The minimum absolute atomic E-state index is 0.00436. The molecule has 1 aliphatic rings. The van der Waals surface area contributed by atoms with Gasteiger partial charge in [0, 0.05) is 17.0 Å². The van der Waals surface area contributed by atoms with Crippen LogP contribution in [0, 0.1) is 12.7 Å². The molecule has 2 aromatic carbocycles. The van der Waals surface area contributed by atoms with E-state index in [-0.39, 0.29) is 46.6 Å². The molecule has 2 amide bonds. The summed E-state index contributed by atoms with van der Waals surface area (Å²) < 4.78 is 15.6. The topological polar surface area (TPSA) is 67.2 Å². The molecular weight excluding hydrogens is 487 g/mol. The fraction of sp³-hybridized carbons (Fsp3) is 0.414. The van der Waals surface area contributed by atoms with Gasteiger partial charge in [-0.15, -0.1) is 11.8 Å². The van der Waals surface area contributed by atoms with Crippen molar-refractivity contribution < 1.29 is 14.0 Å². The molecule has 3 aromatic rings. The second-order valence-electron chi connectivity index (χ2n) is 10.6. The third-order valence-corrected chi connectivity index (χ3v) is 7.90. The van der Waals surface area contributed by atoms with Crippen molar-refractivity contribution in [2.75, 3.05) is 17.2 Å². The smallest absolute Gasteiger partial charge is 0.240 e. The summed E-state index contributed by atoms with van der Waals surface area (Å²) in [6, 6.07) is 14.2. The summed E-state index contributed by atoms with van der Waals surface area (Å²) >= 11 is 1.56. The number of carbonyl (C=O) groups is 2. The number of carbonyl (C=O) groups excluding carboxylic acids is 2. The van der Waals surface area contributed by atoms with Gasteiger partial charge in [-0.1, -0.05) is 52.0 Å². The van der Waals surface area contributed by atoms with Crippen LogP contribution in [0.1, 0.15) is 68.7 Å². The van der Waals surface area contributed by atoms with Gasteiger partial charge < -0.3 is 5.32 Å². The summed E-state index contributed by atoms with van der Waals surface area (Å²) in [5.74, 6) is 0.0472. The lowest BCUT2D eigenvalue weighted by molar-refractivity contribution is -0.123. The van der Waals surface area contributed by atoms with Gasteiger partial charge in [0.15, 0.2) is 0 Å². The number of benzene rings is 2. The van der Waals surface area contributed by atoms with Crippen molar-refractivity contribution >= 4 is 29.4 Å². The van der Waals surface area contributed by atoms with E-state index in [1.165, 1.54) is 12.1 Å². The molecule has 37 heavy (non-hydrogen) atoms. The first kappa shape index (κ1) is 26.9. The number of rotatable bonds is 6. The van der Waals surface area contributed by atoms with Crippen LogP contribution in [0.5, 0.6) is 0 Å². The fourth-order valence-electron chi connectivity index (χ4n) is 4.53. The summed E-state index contributed by atoms with van der Waals surface area (Å²) in [6.07, 6.45) is 0.790. The van der Waals surface area contributed by atoms with Crippen molar-refractivity contribution in [3.63, 3.8) is 0 Å². The van der Waals surface area contributed by atoms with Gasteiger partial charge in [-0.05, 0) is 55.7 Å². The molecule has 1 aromatic heterocycles. The van der Waals surface area contributed by atoms with Gasteiger partial charge in [0.25, 0.3) is 0 Å². The van der Waals surface area contributed by atoms with E-state index in [0.29, 0.717) is 11.5 Å². The molecule has 4 rings (SSSR count). The Bertz CT molecular complexity index is 1300. The molecule has 2 atom stereocenters. The van der Waals surface area contributed by atoms with Gasteiger partial charge in [0.2, 0.25) is 11.8 Å². The number of anilines is 1. The molecule has 0 fully saturated rings. The maximum absolute atomic E-state index is 13.8. The summed E-state index contributed by atoms with van der Waals surface area (Å²) in [5, 5.41) is 7.86. The highest BCUT2D eigenvalue weighted by Crippen LogP contribution is 2.49. The number of thioether (sulfide) groups is 1. The highest BCUT2D eigenvalue weighted by atomic mass is 32.2. The monoisotopic (exact) mass is 522 g/mol. The Morgan fingerprint density at radius 1 is 1.19 bits per heavy atom. The van der Waals surface area contributed by atoms with E-state index >= 15 is 0 Å². The third kappa shape index (κ3) is 5.59. The maximum Gasteiger partial charge on any atom is 0.240 e. The first-order valence-corrected chi connectivity index (χ1v) is 13.7. The zero-order valence-corrected chi connectivity index (χ0v) is 23.2. The lowest BCUT2D eigenvalue weighted by atomic mass is 9.86. The number of halogens is 1. The molecule has 8 heteroatoms. The van der Waals surface area contributed by atoms with Crippen LogP contribution in [0.2, 0.25) is 0 Å². The van der Waals surface area contributed by atoms with Gasteiger partial charge in [-0.25, -0.2) is 9.07 Å². The number of nitrogens with zero attached hydrogens (tertiary/aromatic N) is 3. The van der Waals surface area contributed by atoms with Crippen LogP contribution in [-0.2, 0) is 15.0 Å². The second-order valence-corrected chi connectivity index (χ2v) is 11.7. The number of hydrogen-bond acceptors (Lipinski definition) is 4. The Morgan fingerprint density at radius 3 is 2.49 bits per heavy atom. The summed E-state index contributed by atoms with van der Waals surface area (Å²) in [7, 11) is 0. The lowest BCUT2D eigenvalue weighted by Crippen LogP contribution is -2.44. The largest absolute Gasteiger partial charge is 0.352 e. The average molecular weight is 523 g/mol. The standard InChI is InChI=1S/C29H35FN4O2S/c1-7-19(3)31-23(35)16-33-24(36)17-37-26(22-11-9-8-10-18(22)2)25-27(29(4,5)6)32-34(28(25)33)21-14-12-20(30)13-15-21/h8-15,19,26H,7,16-17H2,1-6H3,(H,31,35). The van der Waals surface area contributed by atoms with E-state index in [0.717, 1.165) is 28.8 Å². The molecule has 2 unspecified atom stereocenters. The van der Waals surface area contributed by atoms with Crippen LogP contribution in [0.3, 0.4) is 0 Å². The van der Waals surface area contributed by atoms with Crippen molar-refractivity contribution in [2.24, 2.45) is 0 Å². The molecular formula is C29H35FN4O2S. The highest BCUT2D eigenvalue weighted by Gasteiger charge is 2.40. The Kier molecular flexibility index (Phi) is 7.78. The minimum atomic E-state index is -0.354. The Labute approximate surface area is 222 Å². The molecule has 0 spiro atoms. The zero-order valence-electron chi connectivity index (χ0n) is 22.3. The van der Waals surface area contributed by atoms with Gasteiger partial charge in [-0.2, -0.15) is 5.10 Å². The minimum Gasteiger partial charge on any atom is -0.352 e. The van der Waals surface area contributed by atoms with Crippen LogP contribution in [0.25, 0.3) is 5.69 Å². The van der Waals surface area contributed by atoms with Crippen LogP contribution in [0.15, 0.2) is 48.5 Å². The number of nitrogens with one attached hydrogen (secondary N) is 1. The predicted molar refractivity (Wildman–Crippen MR) is 148 cm³/mol. The zero-order chi connectivity index (χ0) is 26.9. The van der Waals surface area contributed by atoms with E-state index in [2.05, 4.69) is 45.1 Å². The van der Waals surface area contributed by atoms with Crippen LogP contribution < -0.4 is 10.2 Å². The number of amides is 2. The number of aromatic nitrogens is 2. The Balaban J connectivity index is 1.99. The summed E-state index contributed by atoms with van der Waals surface area (Å²) in [4.78, 5) is 28.3. The molecule has 1 N–H and O–H groups in total. The average Bonchev–Trinajstić information content (AvgIpc) is 3.18. The van der Waals surface area contributed by atoms with Crippen molar-refractivity contribution in [1.82, 2.24) is 15.1 Å². The molecule has 196 valence electrons. The first-order valence-electron chi connectivity index (χ1n) is 12.7. The van der Waals surface area contributed by atoms with Gasteiger partial charge in [-0.3, -0.25) is 14.5 Å². The summed E-state index contributed by atoms with van der Waals surface area (Å²) in [6.45, 7) is 12.2. The second kappa shape index (κ2) is 10.7. The van der Waals surface area contributed by atoms with Gasteiger partial charge in [0.1, 0.15) is 18.2 Å². The van der Waals surface area contributed by atoms with Crippen LogP contribution >= 0.6 is 11.8 Å². The molecule has 6 nitrogen and oxygen atoms in total. The van der Waals surface area contributed by atoms with Crippen molar-refractivity contribution in [3.8, 4) is 5.69 Å². The van der Waals surface area contributed by atoms with Crippen molar-refractivity contribution in [3.05, 3.63) is 76.7 Å². The Morgan fingerprint density at radius 2 is 1.86 bits per heavy atom. The molecule has 0 bridgehead atoms. The Hall–Kier alpha value is -3.13. The molecule has 0 radical (unpaired) electrons. The number of aryl methyl sites for hydroxylation is 1. The fourth-order valence-corrected chi connectivity index (χ4v) is 5.82. The third-order valence-electron chi connectivity index (χ3n) is 6.66. The van der Waals surface area contributed by atoms with E-state index in [1.54, 1.807) is 33.5 Å². The van der Waals surface area contributed by atoms with Crippen molar-refractivity contribution in [1.29, 1.82) is 0 Å².